The molecule has 0 aliphatic carbocycles. The third-order valence-corrected chi connectivity index (χ3v) is 5.31. The number of hydrogen-bond acceptors (Lipinski definition) is 3. The zero-order chi connectivity index (χ0) is 22.3. The Balaban J connectivity index is 1.77. The Morgan fingerprint density at radius 3 is 2.09 bits per heavy atom. The van der Waals surface area contributed by atoms with E-state index in [9.17, 15) is 5.26 Å². The van der Waals surface area contributed by atoms with Crippen molar-refractivity contribution >= 4 is 27.7 Å². The van der Waals surface area contributed by atoms with E-state index in [0.717, 1.165) is 11.4 Å². The largest absolute Gasteiger partial charge is 0.337 e. The lowest BCUT2D eigenvalue weighted by molar-refractivity contribution is 0.984. The third-order valence-electron chi connectivity index (χ3n) is 5.31. The number of nitriles is 2. The zero-order valence-corrected chi connectivity index (χ0v) is 17.2. The minimum atomic E-state index is -0.198. The SMILES string of the molecule is [C-]#[N+]/C(C#N)=C(/C#N)c1ccc(N(Cc2cccc3ccccc23)c2ccccc2)cc1. The average Bonchev–Trinajstić information content (AvgIpc) is 2.86. The van der Waals surface area contributed by atoms with E-state index in [2.05, 4.69) is 52.2 Å². The highest BCUT2D eigenvalue weighted by atomic mass is 15.1. The van der Waals surface area contributed by atoms with E-state index in [1.807, 2.05) is 48.5 Å². The highest BCUT2D eigenvalue weighted by Crippen LogP contribution is 2.31. The number of para-hydroxylation sites is 1. The predicted molar refractivity (Wildman–Crippen MR) is 127 cm³/mol. The summed E-state index contributed by atoms with van der Waals surface area (Å²) in [6.07, 6.45) is 0. The van der Waals surface area contributed by atoms with E-state index in [1.165, 1.54) is 16.3 Å². The second-order valence-electron chi connectivity index (χ2n) is 7.17. The Labute approximate surface area is 187 Å². The van der Waals surface area contributed by atoms with Crippen LogP contribution in [0.1, 0.15) is 11.1 Å². The first kappa shape index (κ1) is 20.4. The van der Waals surface area contributed by atoms with Crippen LogP contribution in [-0.2, 0) is 6.54 Å². The fourth-order valence-electron chi connectivity index (χ4n) is 3.74. The molecule has 0 aliphatic rings. The molecule has 0 aromatic heterocycles. The van der Waals surface area contributed by atoms with Gasteiger partial charge in [-0.1, -0.05) is 72.8 Å². The first-order valence-corrected chi connectivity index (χ1v) is 10.1. The highest BCUT2D eigenvalue weighted by Gasteiger charge is 2.14. The average molecular weight is 410 g/mol. The van der Waals surface area contributed by atoms with Crippen molar-refractivity contribution in [1.29, 1.82) is 10.5 Å². The summed E-state index contributed by atoms with van der Waals surface area (Å²) >= 11 is 0. The van der Waals surface area contributed by atoms with Crippen LogP contribution in [0.15, 0.2) is 103 Å². The van der Waals surface area contributed by atoms with Gasteiger partial charge in [-0.05, 0) is 46.2 Å². The second-order valence-corrected chi connectivity index (χ2v) is 7.17. The molecule has 0 aliphatic heterocycles. The number of allylic oxidation sites excluding steroid dienone is 2. The summed E-state index contributed by atoms with van der Waals surface area (Å²) in [4.78, 5) is 5.39. The minimum Gasteiger partial charge on any atom is -0.337 e. The maximum absolute atomic E-state index is 9.45. The fourth-order valence-corrected chi connectivity index (χ4v) is 3.74. The molecule has 4 aromatic rings. The van der Waals surface area contributed by atoms with Crippen LogP contribution in [0.25, 0.3) is 21.2 Å². The molecule has 32 heavy (non-hydrogen) atoms. The van der Waals surface area contributed by atoms with Crippen molar-refractivity contribution in [2.45, 2.75) is 6.54 Å². The van der Waals surface area contributed by atoms with E-state index in [0.29, 0.717) is 12.1 Å². The van der Waals surface area contributed by atoms with Crippen LogP contribution < -0.4 is 4.90 Å². The van der Waals surface area contributed by atoms with Gasteiger partial charge in [-0.15, -0.1) is 0 Å². The van der Waals surface area contributed by atoms with E-state index >= 15 is 0 Å². The highest BCUT2D eigenvalue weighted by molar-refractivity contribution is 5.86. The normalized spacial score (nSPS) is 11.0. The Morgan fingerprint density at radius 2 is 1.41 bits per heavy atom. The third kappa shape index (κ3) is 4.05. The van der Waals surface area contributed by atoms with Gasteiger partial charge in [0, 0.05) is 17.9 Å². The number of rotatable bonds is 5. The lowest BCUT2D eigenvalue weighted by atomic mass is 10.0. The van der Waals surface area contributed by atoms with Gasteiger partial charge in [-0.2, -0.15) is 5.26 Å². The molecular weight excluding hydrogens is 392 g/mol. The molecular formula is C28H18N4. The number of hydrogen-bond donors (Lipinski definition) is 0. The molecule has 150 valence electrons. The standard InChI is InChI=1S/C28H18N4/c1-31-28(19-30)27(18-29)22-14-16-25(17-15-22)32(24-11-3-2-4-12-24)20-23-10-7-9-21-8-5-6-13-26(21)23/h2-17H,20H2/b28-27-. The zero-order valence-electron chi connectivity index (χ0n) is 17.2. The molecule has 0 spiro atoms. The molecule has 0 radical (unpaired) electrons. The van der Waals surface area contributed by atoms with Crippen molar-refractivity contribution in [1.82, 2.24) is 0 Å². The molecule has 4 nitrogen and oxygen atoms in total. The Morgan fingerprint density at radius 1 is 0.750 bits per heavy atom. The van der Waals surface area contributed by atoms with Crippen LogP contribution in [0.5, 0.6) is 0 Å². The molecule has 4 aromatic carbocycles. The first-order chi connectivity index (χ1) is 15.7. The van der Waals surface area contributed by atoms with Gasteiger partial charge in [0.05, 0.1) is 24.3 Å². The number of nitrogens with zero attached hydrogens (tertiary/aromatic N) is 4. The van der Waals surface area contributed by atoms with Gasteiger partial charge in [-0.3, -0.25) is 0 Å². The molecule has 0 N–H and O–H groups in total. The van der Waals surface area contributed by atoms with Crippen LogP contribution in [-0.4, -0.2) is 0 Å². The molecule has 4 rings (SSSR count). The summed E-state index contributed by atoms with van der Waals surface area (Å²) in [6, 6.07) is 36.0. The van der Waals surface area contributed by atoms with Gasteiger partial charge in [0.25, 0.3) is 5.70 Å². The molecule has 4 heteroatoms. The van der Waals surface area contributed by atoms with Crippen molar-refractivity contribution in [3.8, 4) is 12.1 Å². The van der Waals surface area contributed by atoms with Gasteiger partial charge < -0.3 is 4.90 Å². The van der Waals surface area contributed by atoms with Gasteiger partial charge in [0.15, 0.2) is 0 Å². The van der Waals surface area contributed by atoms with Gasteiger partial charge in [0.1, 0.15) is 0 Å². The van der Waals surface area contributed by atoms with Crippen LogP contribution in [0, 0.1) is 29.2 Å². The molecule has 0 bridgehead atoms. The summed E-state index contributed by atoms with van der Waals surface area (Å²) in [6.45, 7) is 7.81. The molecule has 0 atom stereocenters. The van der Waals surface area contributed by atoms with Gasteiger partial charge in [-0.25, -0.2) is 10.1 Å². The van der Waals surface area contributed by atoms with E-state index in [1.54, 1.807) is 18.2 Å². The smallest absolute Gasteiger partial charge is 0.279 e. The molecule has 0 fully saturated rings. The van der Waals surface area contributed by atoms with Crippen LogP contribution in [0.2, 0.25) is 0 Å². The molecule has 0 heterocycles. The Hall–Kier alpha value is -4.85. The van der Waals surface area contributed by atoms with E-state index < -0.39 is 0 Å². The Bertz CT molecular complexity index is 1390. The van der Waals surface area contributed by atoms with Gasteiger partial charge >= 0.3 is 0 Å². The van der Waals surface area contributed by atoms with E-state index in [-0.39, 0.29) is 11.3 Å². The number of fused-ring (bicyclic) bond motifs is 1. The van der Waals surface area contributed by atoms with Crippen molar-refractivity contribution in [3.63, 3.8) is 0 Å². The quantitative estimate of drug-likeness (QED) is 0.267. The van der Waals surface area contributed by atoms with Crippen molar-refractivity contribution in [3.05, 3.63) is 125 Å². The molecule has 0 amide bonds. The fraction of sp³-hybridized carbons (Fsp3) is 0.0357. The summed E-state index contributed by atoms with van der Waals surface area (Å²) in [5.41, 5.74) is 3.65. The summed E-state index contributed by atoms with van der Waals surface area (Å²) in [5, 5.41) is 21.0. The van der Waals surface area contributed by atoms with E-state index in [4.69, 9.17) is 11.8 Å². The summed E-state index contributed by atoms with van der Waals surface area (Å²) < 4.78 is 0. The van der Waals surface area contributed by atoms with Gasteiger partial charge in [0.2, 0.25) is 0 Å². The Kier molecular flexibility index (Phi) is 5.94. The monoisotopic (exact) mass is 410 g/mol. The maximum Gasteiger partial charge on any atom is 0.279 e. The summed E-state index contributed by atoms with van der Waals surface area (Å²) in [5.74, 6) is 0. The van der Waals surface area contributed by atoms with Crippen molar-refractivity contribution < 1.29 is 0 Å². The van der Waals surface area contributed by atoms with Crippen molar-refractivity contribution in [2.24, 2.45) is 0 Å². The second kappa shape index (κ2) is 9.31. The lowest BCUT2D eigenvalue weighted by Crippen LogP contribution is -2.16. The minimum absolute atomic E-state index is 0.0920. The summed E-state index contributed by atoms with van der Waals surface area (Å²) in [7, 11) is 0. The number of anilines is 2. The predicted octanol–water partition coefficient (Wildman–Crippen LogP) is 6.86. The molecule has 0 saturated carbocycles. The topological polar surface area (TPSA) is 55.2 Å². The lowest BCUT2D eigenvalue weighted by Gasteiger charge is -2.26. The van der Waals surface area contributed by atoms with Crippen LogP contribution in [0.3, 0.4) is 0 Å². The first-order valence-electron chi connectivity index (χ1n) is 10.1. The maximum atomic E-state index is 9.45. The van der Waals surface area contributed by atoms with Crippen LogP contribution >= 0.6 is 0 Å². The number of benzene rings is 4. The van der Waals surface area contributed by atoms with Crippen LogP contribution in [0.4, 0.5) is 11.4 Å². The molecule has 0 unspecified atom stereocenters. The van der Waals surface area contributed by atoms with Crippen molar-refractivity contribution in [2.75, 3.05) is 4.90 Å². The molecule has 0 saturated heterocycles.